The van der Waals surface area contributed by atoms with Crippen LogP contribution in [0.1, 0.15) is 6.23 Å². The first kappa shape index (κ1) is 21.4. The first-order valence-electron chi connectivity index (χ1n) is 7.02. The van der Waals surface area contributed by atoms with Crippen LogP contribution in [0.2, 0.25) is 0 Å². The minimum absolute atomic E-state index is 0. The number of ether oxygens (including phenoxy) is 1. The van der Waals surface area contributed by atoms with Crippen molar-refractivity contribution in [2.75, 3.05) is 12.3 Å². The van der Waals surface area contributed by atoms with Crippen LogP contribution in [-0.4, -0.2) is 49.7 Å². The maximum absolute atomic E-state index is 12.0. The molecule has 0 aliphatic carbocycles. The van der Waals surface area contributed by atoms with Crippen LogP contribution in [0.5, 0.6) is 0 Å². The van der Waals surface area contributed by atoms with Crippen LogP contribution >= 0.6 is 7.82 Å². The number of nitrogens with two attached hydrogens (primary N) is 1. The first-order valence-corrected chi connectivity index (χ1v) is 8.48. The number of H-pyrrole nitrogens is 1. The molecule has 0 bridgehead atoms. The zero-order valence-corrected chi connectivity index (χ0v) is 16.7. The predicted octanol–water partition coefficient (Wildman–Crippen LogP) is -7.40. The topological polar surface area (TPSA) is 203 Å². The number of aryl methyl sites for hydroxylation is 1. The number of imidazole rings is 1. The number of aromatic nitrogens is 4. The molecule has 2 aromatic rings. The number of nitrogens with one attached hydrogen (secondary N) is 1. The van der Waals surface area contributed by atoms with E-state index in [0.717, 1.165) is 0 Å². The number of nitrogen functional groups attached to an aromatic ring is 1. The van der Waals surface area contributed by atoms with Crippen molar-refractivity contribution in [3.63, 3.8) is 0 Å². The van der Waals surface area contributed by atoms with Gasteiger partial charge in [0, 0.05) is 0 Å². The number of hydrogen-bond donors (Lipinski definition) is 4. The molecule has 1 aliphatic heterocycles. The molecule has 0 unspecified atom stereocenters. The van der Waals surface area contributed by atoms with Crippen LogP contribution in [-0.2, 0) is 20.9 Å². The van der Waals surface area contributed by atoms with Gasteiger partial charge >= 0.3 is 35.2 Å². The molecule has 13 nitrogen and oxygen atoms in total. The van der Waals surface area contributed by atoms with Gasteiger partial charge in [-0.2, -0.15) is 0 Å². The summed E-state index contributed by atoms with van der Waals surface area (Å²) in [5, 5.41) is 20.2. The van der Waals surface area contributed by atoms with Crippen molar-refractivity contribution in [2.24, 2.45) is 7.05 Å². The van der Waals surface area contributed by atoms with Gasteiger partial charge in [-0.1, -0.05) is 4.98 Å². The van der Waals surface area contributed by atoms with Gasteiger partial charge < -0.3 is 39.6 Å². The zero-order valence-electron chi connectivity index (χ0n) is 13.8. The van der Waals surface area contributed by atoms with E-state index in [-0.39, 0.29) is 46.7 Å². The standard InChI is InChI=1S/C11H16N5O8P.Na/c1-15-3-16(8-5(15)9(19)14-11(12)13-8)10-7(18)6(17)4(24-10)2-23-25(20,21)22;/h3-4,6-7,10,17-18H,2H2,1H3,(H4-,12,13,14,19,20,21,22);/q;+1/p-1/t4-,6-,7-,10-;/m1./s1/i11+1,12+1,14+1;. The Balaban J connectivity index is 0.00000243. The van der Waals surface area contributed by atoms with Gasteiger partial charge in [-0.05, 0) is 0 Å². The molecule has 3 heterocycles. The summed E-state index contributed by atoms with van der Waals surface area (Å²) in [5.74, 6) is -0.163. The number of anilines is 1. The number of fused-ring (bicyclic) bond motifs is 1. The molecule has 1 aliphatic rings. The van der Waals surface area contributed by atoms with Crippen molar-refractivity contribution < 1.29 is 67.9 Å². The third kappa shape index (κ3) is 4.02. The molecule has 4 atom stereocenters. The van der Waals surface area contributed by atoms with E-state index in [1.165, 1.54) is 15.5 Å². The van der Waals surface area contributed by atoms with Gasteiger partial charge in [0.05, 0.1) is 21.5 Å². The Labute approximate surface area is 167 Å². The Hall–Kier alpha value is -0.860. The minimum Gasteiger partial charge on any atom is -0.790 e. The van der Waals surface area contributed by atoms with Crippen LogP contribution in [0.15, 0.2) is 11.1 Å². The number of aliphatic hydroxyl groups is 2. The van der Waals surface area contributed by atoms with E-state index >= 15 is 0 Å². The average molecular weight is 402 g/mol. The summed E-state index contributed by atoms with van der Waals surface area (Å²) in [6, 6.07) is 0. The second-order valence-corrected chi connectivity index (χ2v) is 6.70. The smallest absolute Gasteiger partial charge is 0.790 e. The first-order chi connectivity index (χ1) is 11.6. The fourth-order valence-electron chi connectivity index (χ4n) is 2.72. The molecule has 0 spiro atoms. The Bertz CT molecular complexity index is 912. The molecule has 26 heavy (non-hydrogen) atoms. The molecule has 1 saturated heterocycles. The quantitative estimate of drug-likeness (QED) is 0.165. The molecule has 1 fully saturated rings. The van der Waals surface area contributed by atoms with Crippen molar-refractivity contribution in [2.45, 2.75) is 24.5 Å². The van der Waals surface area contributed by atoms with Gasteiger partial charge in [0.15, 0.2) is 6.33 Å². The summed E-state index contributed by atoms with van der Waals surface area (Å²) in [6.07, 6.45) is -4.12. The van der Waals surface area contributed by atoms with Crippen molar-refractivity contribution in [3.8, 4) is 0 Å². The molecule has 138 valence electrons. The summed E-state index contributed by atoms with van der Waals surface area (Å²) in [6.45, 7) is -0.763. The fraction of sp³-hybridized carbons (Fsp3) is 0.545. The van der Waals surface area contributed by atoms with E-state index in [9.17, 15) is 29.4 Å². The number of phosphoric acid groups is 1. The van der Waals surface area contributed by atoms with E-state index in [1.807, 2.05) is 0 Å². The molecule has 0 radical (unpaired) electrons. The van der Waals surface area contributed by atoms with Crippen LogP contribution < -0.4 is 55.2 Å². The van der Waals surface area contributed by atoms with Crippen LogP contribution in [0.4, 0.5) is 5.95 Å². The molecule has 5 N–H and O–H groups in total. The summed E-state index contributed by atoms with van der Waals surface area (Å²) >= 11 is 0. The van der Waals surface area contributed by atoms with Gasteiger partial charge in [0.1, 0.15) is 18.3 Å². The Morgan fingerprint density at radius 3 is 2.77 bits per heavy atom. The number of aliphatic hydroxyl groups excluding tert-OH is 2. The number of phosphoric ester groups is 1. The molecule has 0 aromatic carbocycles. The number of nitrogens with zero attached hydrogens (tertiary/aromatic N) is 3. The Morgan fingerprint density at radius 2 is 2.15 bits per heavy atom. The SMILES string of the molecule is Cn1c[n+]([C@@H]2O[C@H](COP(=O)([O-])[O-])[C@@H](O)[C@H]2O)c2n[13c]([15NH2])[15nH]c(=O)c21.[Na+]. The molecule has 0 amide bonds. The second-order valence-electron chi connectivity index (χ2n) is 5.55. The Morgan fingerprint density at radius 1 is 1.50 bits per heavy atom. The number of aromatic amines is 1. The number of rotatable bonds is 4. The molecule has 15 heteroatoms. The largest absolute Gasteiger partial charge is 1.00 e. The third-order valence-corrected chi connectivity index (χ3v) is 4.26. The minimum atomic E-state index is -5.26. The summed E-state index contributed by atoms with van der Waals surface area (Å²) in [4.78, 5) is 39.4. The number of hydrogen-bond acceptors (Lipinski definition) is 10. The van der Waals surface area contributed by atoms with E-state index in [1.54, 1.807) is 7.05 Å². The summed E-state index contributed by atoms with van der Waals surface area (Å²) < 4.78 is 22.7. The Kier molecular flexibility index (Phi) is 6.30. The molecular weight excluding hydrogens is 387 g/mol. The van der Waals surface area contributed by atoms with Gasteiger partial charge in [-0.15, -0.1) is 0 Å². The summed E-state index contributed by atoms with van der Waals surface area (Å²) in [5.41, 5.74) is 5.23. The van der Waals surface area contributed by atoms with Gasteiger partial charge in [0.25, 0.3) is 11.5 Å². The van der Waals surface area contributed by atoms with Crippen LogP contribution in [0, 0.1) is 0 Å². The van der Waals surface area contributed by atoms with Crippen molar-refractivity contribution in [3.05, 3.63) is 16.7 Å². The predicted molar refractivity (Wildman–Crippen MR) is 75.4 cm³/mol. The maximum atomic E-state index is 12.0. The normalized spacial score (nSPS) is 26.2. The average Bonchev–Trinajstić information content (AvgIpc) is 2.95. The zero-order chi connectivity index (χ0) is 18.5. The molecule has 2 aromatic heterocycles. The van der Waals surface area contributed by atoms with Gasteiger partial charge in [0.2, 0.25) is 11.7 Å². The van der Waals surface area contributed by atoms with Crippen molar-refractivity contribution in [1.82, 2.24) is 14.5 Å². The van der Waals surface area contributed by atoms with Crippen LogP contribution in [0.3, 0.4) is 0 Å². The summed E-state index contributed by atoms with van der Waals surface area (Å²) in [7, 11) is -3.71. The molecular formula is C11H15N5NaO8P. The van der Waals surface area contributed by atoms with E-state index in [4.69, 9.17) is 10.5 Å². The maximum Gasteiger partial charge on any atom is 1.00 e. The van der Waals surface area contributed by atoms with Gasteiger partial charge in [-0.25, -0.2) is 4.57 Å². The molecule has 0 saturated carbocycles. The van der Waals surface area contributed by atoms with E-state index in [0.29, 0.717) is 0 Å². The third-order valence-electron chi connectivity index (χ3n) is 3.80. The monoisotopic (exact) mass is 402 g/mol. The van der Waals surface area contributed by atoms with E-state index < -0.39 is 44.5 Å². The van der Waals surface area contributed by atoms with Crippen LogP contribution in [0.25, 0.3) is 11.2 Å². The van der Waals surface area contributed by atoms with Crippen molar-refractivity contribution in [1.29, 1.82) is 0 Å². The van der Waals surface area contributed by atoms with E-state index in [2.05, 4.69) is 14.5 Å². The van der Waals surface area contributed by atoms with Crippen molar-refractivity contribution >= 4 is 24.9 Å². The second kappa shape index (κ2) is 7.64. The van der Waals surface area contributed by atoms with Gasteiger partial charge in [-0.3, -0.25) is 14.3 Å². The fourth-order valence-corrected chi connectivity index (χ4v) is 3.05. The molecule has 3 rings (SSSR count).